The summed E-state index contributed by atoms with van der Waals surface area (Å²) in [6, 6.07) is 22.1. The molecule has 1 aromatic heterocycles. The number of hydrogen-bond donors (Lipinski definition) is 2. The fraction of sp³-hybridized carbons (Fsp3) is 0.290. The summed E-state index contributed by atoms with van der Waals surface area (Å²) in [6.07, 6.45) is 5.50. The number of nitrogens with zero attached hydrogens (tertiary/aromatic N) is 1. The summed E-state index contributed by atoms with van der Waals surface area (Å²) in [5.74, 6) is 0.239. The summed E-state index contributed by atoms with van der Waals surface area (Å²) in [5.41, 5.74) is 6.18. The van der Waals surface area contributed by atoms with Crippen LogP contribution in [0.15, 0.2) is 77.8 Å². The third-order valence-electron chi connectivity index (χ3n) is 6.57. The summed E-state index contributed by atoms with van der Waals surface area (Å²) in [5, 5.41) is 7.15. The summed E-state index contributed by atoms with van der Waals surface area (Å²) in [4.78, 5) is 26.3. The van der Waals surface area contributed by atoms with E-state index in [1.807, 2.05) is 56.3 Å². The number of hydrogen-bond acceptors (Lipinski definition) is 3. The van der Waals surface area contributed by atoms with Gasteiger partial charge in [0.25, 0.3) is 5.91 Å². The van der Waals surface area contributed by atoms with Gasteiger partial charge in [-0.3, -0.25) is 9.59 Å². The Balaban J connectivity index is 1.34. The predicted octanol–water partition coefficient (Wildman–Crippen LogP) is 6.76. The van der Waals surface area contributed by atoms with E-state index in [1.165, 1.54) is 35.7 Å². The molecule has 4 aromatic rings. The molecule has 1 heterocycles. The third kappa shape index (κ3) is 7.04. The monoisotopic (exact) mass is 513 g/mol. The molecule has 0 spiro atoms. The maximum atomic E-state index is 12.6. The third-order valence-corrected chi connectivity index (χ3v) is 7.62. The van der Waals surface area contributed by atoms with E-state index in [4.69, 9.17) is 0 Å². The smallest absolute Gasteiger partial charge is 0.251 e. The van der Waals surface area contributed by atoms with Crippen molar-refractivity contribution in [3.05, 3.63) is 95.2 Å². The predicted molar refractivity (Wildman–Crippen MR) is 155 cm³/mol. The SMILES string of the molecule is CCCCc1ccc(NC(=O)CSc2cn(CCNC(=O)c3ccc(C)c(C)c3)c3ccccc23)cc1. The van der Waals surface area contributed by atoms with Crippen molar-refractivity contribution in [3.63, 3.8) is 0 Å². The molecule has 37 heavy (non-hydrogen) atoms. The number of carbonyl (C=O) groups excluding carboxylic acids is 2. The van der Waals surface area contributed by atoms with Gasteiger partial charge in [0.1, 0.15) is 0 Å². The molecule has 192 valence electrons. The molecule has 0 aliphatic rings. The van der Waals surface area contributed by atoms with Crippen molar-refractivity contribution in [2.45, 2.75) is 51.5 Å². The van der Waals surface area contributed by atoms with Gasteiger partial charge in [0.2, 0.25) is 5.91 Å². The molecule has 0 atom stereocenters. The van der Waals surface area contributed by atoms with E-state index in [-0.39, 0.29) is 11.8 Å². The molecular weight excluding hydrogens is 478 g/mol. The molecule has 6 heteroatoms. The Kier molecular flexibility index (Phi) is 9.07. The van der Waals surface area contributed by atoms with Gasteiger partial charge in [0.05, 0.1) is 5.75 Å². The molecular formula is C31H35N3O2S. The number of aromatic nitrogens is 1. The molecule has 3 aromatic carbocycles. The van der Waals surface area contributed by atoms with E-state index in [0.717, 1.165) is 33.5 Å². The lowest BCUT2D eigenvalue weighted by Gasteiger charge is -2.09. The first-order chi connectivity index (χ1) is 17.9. The summed E-state index contributed by atoms with van der Waals surface area (Å²) >= 11 is 1.53. The molecule has 2 amide bonds. The van der Waals surface area contributed by atoms with E-state index in [9.17, 15) is 9.59 Å². The van der Waals surface area contributed by atoms with Crippen molar-refractivity contribution >= 4 is 40.2 Å². The van der Waals surface area contributed by atoms with E-state index in [1.54, 1.807) is 0 Å². The second-order valence-corrected chi connectivity index (χ2v) is 10.4. The van der Waals surface area contributed by atoms with E-state index in [0.29, 0.717) is 24.4 Å². The minimum atomic E-state index is -0.0655. The van der Waals surface area contributed by atoms with Crippen LogP contribution in [0, 0.1) is 13.8 Å². The highest BCUT2D eigenvalue weighted by Gasteiger charge is 2.12. The van der Waals surface area contributed by atoms with Crippen LogP contribution < -0.4 is 10.6 Å². The number of thioether (sulfide) groups is 1. The van der Waals surface area contributed by atoms with Crippen LogP contribution in [0.25, 0.3) is 10.9 Å². The maximum Gasteiger partial charge on any atom is 0.251 e. The molecule has 0 unspecified atom stereocenters. The van der Waals surface area contributed by atoms with Crippen molar-refractivity contribution in [2.75, 3.05) is 17.6 Å². The fourth-order valence-electron chi connectivity index (χ4n) is 4.26. The second kappa shape index (κ2) is 12.6. The molecule has 5 nitrogen and oxygen atoms in total. The van der Waals surface area contributed by atoms with Crippen molar-refractivity contribution in [2.24, 2.45) is 0 Å². The van der Waals surface area contributed by atoms with Crippen molar-refractivity contribution in [1.29, 1.82) is 0 Å². The van der Waals surface area contributed by atoms with Crippen molar-refractivity contribution in [3.8, 4) is 0 Å². The normalized spacial score (nSPS) is 11.0. The van der Waals surface area contributed by atoms with Gasteiger partial charge in [-0.15, -0.1) is 11.8 Å². The van der Waals surface area contributed by atoms with Gasteiger partial charge >= 0.3 is 0 Å². The Hall–Kier alpha value is -3.51. The highest BCUT2D eigenvalue weighted by Crippen LogP contribution is 2.30. The van der Waals surface area contributed by atoms with Crippen LogP contribution >= 0.6 is 11.8 Å². The Bertz CT molecular complexity index is 1380. The first-order valence-corrected chi connectivity index (χ1v) is 13.9. The second-order valence-electron chi connectivity index (χ2n) is 9.40. The Morgan fingerprint density at radius 3 is 2.49 bits per heavy atom. The number of anilines is 1. The first kappa shape index (κ1) is 26.6. The zero-order chi connectivity index (χ0) is 26.2. The van der Waals surface area contributed by atoms with Gasteiger partial charge < -0.3 is 15.2 Å². The lowest BCUT2D eigenvalue weighted by Crippen LogP contribution is -2.27. The molecule has 0 fully saturated rings. The minimum absolute atomic E-state index is 0.0243. The van der Waals surface area contributed by atoms with Gasteiger partial charge in [-0.1, -0.05) is 49.7 Å². The molecule has 2 N–H and O–H groups in total. The Morgan fingerprint density at radius 2 is 1.73 bits per heavy atom. The largest absolute Gasteiger partial charge is 0.350 e. The summed E-state index contributed by atoms with van der Waals surface area (Å²) in [7, 11) is 0. The van der Waals surface area contributed by atoms with Crippen LogP contribution in [0.4, 0.5) is 5.69 Å². The topological polar surface area (TPSA) is 63.1 Å². The van der Waals surface area contributed by atoms with Gasteiger partial charge in [0, 0.05) is 46.3 Å². The molecule has 0 bridgehead atoms. The van der Waals surface area contributed by atoms with E-state index < -0.39 is 0 Å². The highest BCUT2D eigenvalue weighted by atomic mass is 32.2. The number of unbranched alkanes of at least 4 members (excludes halogenated alkanes) is 1. The van der Waals surface area contributed by atoms with Crippen LogP contribution in [-0.4, -0.2) is 28.7 Å². The van der Waals surface area contributed by atoms with E-state index in [2.05, 4.69) is 52.6 Å². The van der Waals surface area contributed by atoms with Gasteiger partial charge in [-0.2, -0.15) is 0 Å². The van der Waals surface area contributed by atoms with Crippen LogP contribution in [-0.2, 0) is 17.8 Å². The molecule has 0 radical (unpaired) electrons. The van der Waals surface area contributed by atoms with Crippen molar-refractivity contribution < 1.29 is 9.59 Å². The number of aryl methyl sites for hydroxylation is 3. The fourth-order valence-corrected chi connectivity index (χ4v) is 5.15. The number of para-hydroxylation sites is 1. The number of rotatable bonds is 11. The lowest BCUT2D eigenvalue weighted by atomic mass is 10.1. The maximum absolute atomic E-state index is 12.6. The number of nitrogens with one attached hydrogen (secondary N) is 2. The standard InChI is InChI=1S/C31H35N3O2S/c1-4-5-8-24-12-15-26(16-13-24)33-30(35)21-37-29-20-34(28-10-7-6-9-27(28)29)18-17-32-31(36)25-14-11-22(2)23(3)19-25/h6-7,9-16,19-20H,4-5,8,17-18,21H2,1-3H3,(H,32,36)(H,33,35). The zero-order valence-electron chi connectivity index (χ0n) is 21.8. The van der Waals surface area contributed by atoms with Crippen LogP contribution in [0.1, 0.15) is 46.8 Å². The minimum Gasteiger partial charge on any atom is -0.350 e. The van der Waals surface area contributed by atoms with Crippen LogP contribution in [0.2, 0.25) is 0 Å². The first-order valence-electron chi connectivity index (χ1n) is 12.9. The zero-order valence-corrected chi connectivity index (χ0v) is 22.7. The summed E-state index contributed by atoms with van der Waals surface area (Å²) in [6.45, 7) is 7.41. The number of amides is 2. The lowest BCUT2D eigenvalue weighted by molar-refractivity contribution is -0.113. The average Bonchev–Trinajstić information content (AvgIpc) is 3.26. The van der Waals surface area contributed by atoms with Gasteiger partial charge in [0.15, 0.2) is 0 Å². The molecule has 0 aliphatic carbocycles. The molecule has 4 rings (SSSR count). The molecule has 0 saturated heterocycles. The van der Waals surface area contributed by atoms with Crippen molar-refractivity contribution in [1.82, 2.24) is 9.88 Å². The molecule has 0 aliphatic heterocycles. The quantitative estimate of drug-likeness (QED) is 0.218. The highest BCUT2D eigenvalue weighted by molar-refractivity contribution is 8.00. The van der Waals surface area contributed by atoms with Gasteiger partial charge in [-0.25, -0.2) is 0 Å². The number of benzene rings is 3. The number of fused-ring (bicyclic) bond motifs is 1. The Labute approximate surface area is 223 Å². The van der Waals surface area contributed by atoms with E-state index >= 15 is 0 Å². The number of carbonyl (C=O) groups is 2. The van der Waals surface area contributed by atoms with Crippen LogP contribution in [0.3, 0.4) is 0 Å². The van der Waals surface area contributed by atoms with Gasteiger partial charge in [-0.05, 0) is 73.7 Å². The molecule has 0 saturated carbocycles. The average molecular weight is 514 g/mol. The van der Waals surface area contributed by atoms with Crippen LogP contribution in [0.5, 0.6) is 0 Å². The summed E-state index contributed by atoms with van der Waals surface area (Å²) < 4.78 is 2.14. The Morgan fingerprint density at radius 1 is 0.946 bits per heavy atom.